The number of nitrogens with one attached hydrogen (secondary N) is 3. The SMILES string of the molecule is CN=C(NCCCNC(=O)c1occc1C)NC(C)Cc1ccc(C)s1.I. The Balaban J connectivity index is 0.00000364. The van der Waals surface area contributed by atoms with Gasteiger partial charge in [-0.2, -0.15) is 0 Å². The Kier molecular flexibility index (Phi) is 10.5. The highest BCUT2D eigenvalue weighted by Crippen LogP contribution is 2.16. The molecule has 3 N–H and O–H groups in total. The molecule has 0 saturated heterocycles. The summed E-state index contributed by atoms with van der Waals surface area (Å²) < 4.78 is 5.18. The van der Waals surface area contributed by atoms with E-state index in [-0.39, 0.29) is 29.9 Å². The van der Waals surface area contributed by atoms with Crippen molar-refractivity contribution in [2.24, 2.45) is 4.99 Å². The van der Waals surface area contributed by atoms with E-state index in [4.69, 9.17) is 4.42 Å². The van der Waals surface area contributed by atoms with Crippen LogP contribution in [-0.4, -0.2) is 38.0 Å². The summed E-state index contributed by atoms with van der Waals surface area (Å²) in [6.07, 6.45) is 3.29. The average Bonchev–Trinajstić information content (AvgIpc) is 3.21. The van der Waals surface area contributed by atoms with E-state index in [0.29, 0.717) is 18.3 Å². The van der Waals surface area contributed by atoms with Gasteiger partial charge in [0, 0.05) is 47.9 Å². The molecule has 2 heterocycles. The lowest BCUT2D eigenvalue weighted by molar-refractivity contribution is 0.0925. The zero-order valence-electron chi connectivity index (χ0n) is 16.3. The van der Waals surface area contributed by atoms with Gasteiger partial charge in [-0.1, -0.05) is 0 Å². The van der Waals surface area contributed by atoms with Gasteiger partial charge in [0.2, 0.25) is 0 Å². The highest BCUT2D eigenvalue weighted by molar-refractivity contribution is 14.0. The Morgan fingerprint density at radius 3 is 2.56 bits per heavy atom. The van der Waals surface area contributed by atoms with Crippen LogP contribution >= 0.6 is 35.3 Å². The first-order valence-corrected chi connectivity index (χ1v) is 9.66. The maximum Gasteiger partial charge on any atom is 0.287 e. The van der Waals surface area contributed by atoms with Gasteiger partial charge in [0.1, 0.15) is 0 Å². The molecule has 0 fully saturated rings. The molecule has 0 saturated carbocycles. The third-order valence-corrected chi connectivity index (χ3v) is 4.93. The molecule has 150 valence electrons. The van der Waals surface area contributed by atoms with Crippen LogP contribution in [0, 0.1) is 13.8 Å². The summed E-state index contributed by atoms with van der Waals surface area (Å²) in [5.41, 5.74) is 0.847. The number of carbonyl (C=O) groups is 1. The minimum atomic E-state index is -0.171. The van der Waals surface area contributed by atoms with Crippen molar-refractivity contribution in [2.75, 3.05) is 20.1 Å². The minimum absolute atomic E-state index is 0. The average molecular weight is 504 g/mol. The molecule has 1 amide bonds. The number of aryl methyl sites for hydroxylation is 2. The van der Waals surface area contributed by atoms with Crippen molar-refractivity contribution in [1.29, 1.82) is 0 Å². The van der Waals surface area contributed by atoms with Gasteiger partial charge in [-0.15, -0.1) is 35.3 Å². The summed E-state index contributed by atoms with van der Waals surface area (Å²) in [5, 5.41) is 9.54. The number of hydrogen-bond donors (Lipinski definition) is 3. The largest absolute Gasteiger partial charge is 0.459 e. The molecule has 0 aliphatic heterocycles. The molecule has 0 aliphatic rings. The first kappa shape index (κ1) is 23.5. The van der Waals surface area contributed by atoms with Crippen molar-refractivity contribution in [3.8, 4) is 0 Å². The van der Waals surface area contributed by atoms with Gasteiger partial charge < -0.3 is 20.4 Å². The molecule has 2 aromatic rings. The van der Waals surface area contributed by atoms with Gasteiger partial charge >= 0.3 is 0 Å². The van der Waals surface area contributed by atoms with E-state index >= 15 is 0 Å². The van der Waals surface area contributed by atoms with E-state index in [1.807, 2.05) is 18.3 Å². The summed E-state index contributed by atoms with van der Waals surface area (Å²) in [6.45, 7) is 7.43. The standard InChI is InChI=1S/C19H28N4O2S.HI/c1-13-8-11-25-17(13)18(24)21-9-5-10-22-19(20-4)23-14(2)12-16-7-6-15(3)26-16;/h6-8,11,14H,5,9-10,12H2,1-4H3,(H,21,24)(H2,20,22,23);1H. The second kappa shape index (κ2) is 12.0. The van der Waals surface area contributed by atoms with Gasteiger partial charge in [0.15, 0.2) is 11.7 Å². The predicted molar refractivity (Wildman–Crippen MR) is 123 cm³/mol. The second-order valence-corrected chi connectivity index (χ2v) is 7.68. The van der Waals surface area contributed by atoms with Crippen LogP contribution in [0.5, 0.6) is 0 Å². The Labute approximate surface area is 182 Å². The molecule has 1 atom stereocenters. The zero-order chi connectivity index (χ0) is 18.9. The van der Waals surface area contributed by atoms with Gasteiger partial charge in [-0.3, -0.25) is 9.79 Å². The number of amides is 1. The van der Waals surface area contributed by atoms with Crippen LogP contribution in [0.25, 0.3) is 0 Å². The Morgan fingerprint density at radius 2 is 1.96 bits per heavy atom. The summed E-state index contributed by atoms with van der Waals surface area (Å²) >= 11 is 1.83. The van der Waals surface area contributed by atoms with E-state index in [0.717, 1.165) is 30.9 Å². The highest BCUT2D eigenvalue weighted by Gasteiger charge is 2.11. The Morgan fingerprint density at radius 1 is 1.22 bits per heavy atom. The molecule has 0 bridgehead atoms. The Hall–Kier alpha value is -1.55. The first-order valence-electron chi connectivity index (χ1n) is 8.84. The molecular weight excluding hydrogens is 475 g/mol. The van der Waals surface area contributed by atoms with Crippen molar-refractivity contribution in [2.45, 2.75) is 39.7 Å². The number of aliphatic imine (C=N–C) groups is 1. The molecule has 0 aliphatic carbocycles. The lowest BCUT2D eigenvalue weighted by Crippen LogP contribution is -2.43. The van der Waals surface area contributed by atoms with E-state index < -0.39 is 0 Å². The van der Waals surface area contributed by atoms with Crippen LogP contribution in [0.3, 0.4) is 0 Å². The van der Waals surface area contributed by atoms with E-state index in [9.17, 15) is 4.79 Å². The maximum atomic E-state index is 11.9. The van der Waals surface area contributed by atoms with Gasteiger partial charge in [-0.25, -0.2) is 0 Å². The first-order chi connectivity index (χ1) is 12.5. The third kappa shape index (κ3) is 7.92. The van der Waals surface area contributed by atoms with Crippen molar-refractivity contribution in [3.05, 3.63) is 45.5 Å². The second-order valence-electron chi connectivity index (χ2n) is 6.30. The monoisotopic (exact) mass is 504 g/mol. The Bertz CT molecular complexity index is 742. The number of furan rings is 1. The number of nitrogens with zero attached hydrogens (tertiary/aromatic N) is 1. The third-order valence-electron chi connectivity index (χ3n) is 3.91. The van der Waals surface area contributed by atoms with Crippen molar-refractivity contribution in [3.63, 3.8) is 0 Å². The zero-order valence-corrected chi connectivity index (χ0v) is 19.4. The molecule has 1 unspecified atom stereocenters. The topological polar surface area (TPSA) is 78.7 Å². The van der Waals surface area contributed by atoms with Crippen molar-refractivity contribution < 1.29 is 9.21 Å². The molecule has 2 rings (SSSR count). The molecule has 0 aromatic carbocycles. The predicted octanol–water partition coefficient (Wildman–Crippen LogP) is 3.49. The van der Waals surface area contributed by atoms with Crippen LogP contribution in [0.4, 0.5) is 0 Å². The number of hydrogen-bond acceptors (Lipinski definition) is 4. The summed E-state index contributed by atoms with van der Waals surface area (Å²) in [5.74, 6) is 0.988. The summed E-state index contributed by atoms with van der Waals surface area (Å²) in [4.78, 5) is 18.9. The number of rotatable bonds is 8. The molecule has 2 aromatic heterocycles. The lowest BCUT2D eigenvalue weighted by Gasteiger charge is -2.17. The number of halogens is 1. The number of thiophene rings is 1. The van der Waals surface area contributed by atoms with Crippen LogP contribution in [-0.2, 0) is 6.42 Å². The normalized spacial score (nSPS) is 12.2. The number of guanidine groups is 1. The van der Waals surface area contributed by atoms with Crippen LogP contribution in [0.2, 0.25) is 0 Å². The van der Waals surface area contributed by atoms with Gasteiger partial charge in [-0.05, 0) is 45.4 Å². The molecular formula is C19H29IN4O2S. The summed E-state index contributed by atoms with van der Waals surface area (Å²) in [6, 6.07) is 6.40. The molecule has 0 radical (unpaired) electrons. The van der Waals surface area contributed by atoms with E-state index in [2.05, 4.69) is 46.9 Å². The molecule has 27 heavy (non-hydrogen) atoms. The lowest BCUT2D eigenvalue weighted by atomic mass is 10.2. The molecule has 8 heteroatoms. The van der Waals surface area contributed by atoms with Crippen LogP contribution in [0.15, 0.2) is 33.9 Å². The summed E-state index contributed by atoms with van der Waals surface area (Å²) in [7, 11) is 1.76. The number of carbonyl (C=O) groups excluding carboxylic acids is 1. The fourth-order valence-corrected chi connectivity index (χ4v) is 3.58. The van der Waals surface area contributed by atoms with Crippen LogP contribution < -0.4 is 16.0 Å². The fourth-order valence-electron chi connectivity index (χ4n) is 2.56. The van der Waals surface area contributed by atoms with Crippen molar-refractivity contribution >= 4 is 47.2 Å². The molecule has 0 spiro atoms. The van der Waals surface area contributed by atoms with E-state index in [1.165, 1.54) is 16.0 Å². The van der Waals surface area contributed by atoms with E-state index in [1.54, 1.807) is 13.1 Å². The van der Waals surface area contributed by atoms with Gasteiger partial charge in [0.05, 0.1) is 6.26 Å². The fraction of sp³-hybridized carbons (Fsp3) is 0.474. The highest BCUT2D eigenvalue weighted by atomic mass is 127. The maximum absolute atomic E-state index is 11.9. The van der Waals surface area contributed by atoms with Gasteiger partial charge in [0.25, 0.3) is 5.91 Å². The quantitative estimate of drug-likeness (QED) is 0.223. The smallest absolute Gasteiger partial charge is 0.287 e. The molecule has 6 nitrogen and oxygen atoms in total. The van der Waals surface area contributed by atoms with Crippen LogP contribution in [0.1, 0.15) is 39.2 Å². The minimum Gasteiger partial charge on any atom is -0.459 e. The van der Waals surface area contributed by atoms with Crippen molar-refractivity contribution in [1.82, 2.24) is 16.0 Å².